The van der Waals surface area contributed by atoms with E-state index < -0.39 is 11.9 Å². The van der Waals surface area contributed by atoms with Crippen LogP contribution in [0.1, 0.15) is 6.92 Å². The van der Waals surface area contributed by atoms with Gasteiger partial charge in [0, 0.05) is 40.8 Å². The lowest BCUT2D eigenvalue weighted by atomic mass is 10.3. The second-order valence-corrected chi connectivity index (χ2v) is 6.58. The molecule has 0 aliphatic heterocycles. The molecule has 26 heavy (non-hydrogen) atoms. The van der Waals surface area contributed by atoms with Crippen molar-refractivity contribution in [3.63, 3.8) is 0 Å². The third-order valence-electron chi connectivity index (χ3n) is 3.13. The zero-order valence-corrected chi connectivity index (χ0v) is 14.7. The molecule has 0 aliphatic carbocycles. The minimum Gasteiger partial charge on any atom is -0.478 e. The van der Waals surface area contributed by atoms with Gasteiger partial charge in [0.1, 0.15) is 0 Å². The van der Waals surface area contributed by atoms with Crippen LogP contribution in [0.25, 0.3) is 0 Å². The number of carboxylic acids is 1. The van der Waals surface area contributed by atoms with Gasteiger partial charge in [0.15, 0.2) is 0 Å². The van der Waals surface area contributed by atoms with Gasteiger partial charge in [0.2, 0.25) is 11.8 Å². The van der Waals surface area contributed by atoms with Gasteiger partial charge in [0.05, 0.1) is 5.25 Å². The summed E-state index contributed by atoms with van der Waals surface area (Å²) in [6.45, 7) is 1.80. The van der Waals surface area contributed by atoms with Crippen LogP contribution >= 0.6 is 11.8 Å². The topological polar surface area (TPSA) is 108 Å². The minimum atomic E-state index is -1.19. The van der Waals surface area contributed by atoms with Gasteiger partial charge in [-0.2, -0.15) is 0 Å². The van der Waals surface area contributed by atoms with Crippen molar-refractivity contribution in [1.82, 2.24) is 4.98 Å². The molecule has 0 spiro atoms. The van der Waals surface area contributed by atoms with Crippen LogP contribution in [-0.4, -0.2) is 33.1 Å². The molecule has 1 aromatic heterocycles. The molecule has 1 atom stereocenters. The summed E-state index contributed by atoms with van der Waals surface area (Å²) in [5.41, 5.74) is 1.22. The van der Waals surface area contributed by atoms with Crippen molar-refractivity contribution in [1.29, 1.82) is 0 Å². The second kappa shape index (κ2) is 9.38. The van der Waals surface area contributed by atoms with Crippen LogP contribution in [0.5, 0.6) is 0 Å². The monoisotopic (exact) mass is 371 g/mol. The number of hydrogen-bond acceptors (Lipinski definition) is 5. The zero-order chi connectivity index (χ0) is 18.9. The SMILES string of the molecule is CC(Sc1ccc(NC(=O)/C=C/C(=O)O)cc1)C(=O)Nc1ccncc1. The first-order valence-corrected chi connectivity index (χ1v) is 8.51. The fraction of sp³-hybridized carbons (Fsp3) is 0.111. The van der Waals surface area contributed by atoms with E-state index in [-0.39, 0.29) is 11.2 Å². The van der Waals surface area contributed by atoms with E-state index in [2.05, 4.69) is 15.6 Å². The lowest BCUT2D eigenvalue weighted by Gasteiger charge is -2.12. The van der Waals surface area contributed by atoms with Gasteiger partial charge in [0.25, 0.3) is 0 Å². The third kappa shape index (κ3) is 6.40. The summed E-state index contributed by atoms with van der Waals surface area (Å²) in [4.78, 5) is 38.8. The Morgan fingerprint density at radius 1 is 1.00 bits per heavy atom. The lowest BCUT2D eigenvalue weighted by molar-refractivity contribution is -0.131. The van der Waals surface area contributed by atoms with Crippen molar-refractivity contribution in [2.45, 2.75) is 17.1 Å². The van der Waals surface area contributed by atoms with Gasteiger partial charge >= 0.3 is 5.97 Å². The molecular weight excluding hydrogens is 354 g/mol. The van der Waals surface area contributed by atoms with E-state index >= 15 is 0 Å². The first-order valence-electron chi connectivity index (χ1n) is 7.63. The molecule has 0 radical (unpaired) electrons. The summed E-state index contributed by atoms with van der Waals surface area (Å²) in [5.74, 6) is -1.85. The molecule has 7 nitrogen and oxygen atoms in total. The molecule has 2 amide bonds. The highest BCUT2D eigenvalue weighted by molar-refractivity contribution is 8.00. The van der Waals surface area contributed by atoms with Crippen molar-refractivity contribution in [2.75, 3.05) is 10.6 Å². The number of aromatic nitrogens is 1. The van der Waals surface area contributed by atoms with Crippen molar-refractivity contribution < 1.29 is 19.5 Å². The smallest absolute Gasteiger partial charge is 0.328 e. The number of aliphatic carboxylic acids is 1. The Balaban J connectivity index is 1.88. The Hall–Kier alpha value is -3.13. The van der Waals surface area contributed by atoms with Crippen LogP contribution < -0.4 is 10.6 Å². The first-order chi connectivity index (χ1) is 12.4. The maximum Gasteiger partial charge on any atom is 0.328 e. The number of hydrogen-bond donors (Lipinski definition) is 3. The summed E-state index contributed by atoms with van der Waals surface area (Å²) in [5, 5.41) is 13.5. The largest absolute Gasteiger partial charge is 0.478 e. The van der Waals surface area contributed by atoms with E-state index in [0.29, 0.717) is 11.4 Å². The van der Waals surface area contributed by atoms with E-state index in [1.165, 1.54) is 11.8 Å². The number of amides is 2. The van der Waals surface area contributed by atoms with Gasteiger partial charge in [-0.05, 0) is 43.3 Å². The number of pyridine rings is 1. The van der Waals surface area contributed by atoms with E-state index in [4.69, 9.17) is 5.11 Å². The quantitative estimate of drug-likeness (QED) is 0.510. The summed E-state index contributed by atoms with van der Waals surface area (Å²) in [6.07, 6.45) is 4.91. The van der Waals surface area contributed by atoms with Crippen molar-refractivity contribution in [3.05, 3.63) is 60.9 Å². The number of carbonyl (C=O) groups excluding carboxylic acids is 2. The number of thioether (sulfide) groups is 1. The average Bonchev–Trinajstić information content (AvgIpc) is 2.62. The number of nitrogens with one attached hydrogen (secondary N) is 2. The molecule has 2 aromatic rings. The van der Waals surface area contributed by atoms with Gasteiger partial charge in [-0.1, -0.05) is 0 Å². The average molecular weight is 371 g/mol. The second-order valence-electron chi connectivity index (χ2n) is 5.17. The Kier molecular flexibility index (Phi) is 6.92. The Morgan fingerprint density at radius 3 is 2.23 bits per heavy atom. The molecule has 1 unspecified atom stereocenters. The molecule has 3 N–H and O–H groups in total. The van der Waals surface area contributed by atoms with Crippen molar-refractivity contribution >= 4 is 40.9 Å². The van der Waals surface area contributed by atoms with Gasteiger partial charge in [-0.3, -0.25) is 14.6 Å². The summed E-state index contributed by atoms with van der Waals surface area (Å²) in [7, 11) is 0. The summed E-state index contributed by atoms with van der Waals surface area (Å²) < 4.78 is 0. The normalized spacial score (nSPS) is 11.7. The van der Waals surface area contributed by atoms with E-state index in [9.17, 15) is 14.4 Å². The van der Waals surface area contributed by atoms with Crippen LogP contribution in [0, 0.1) is 0 Å². The predicted molar refractivity (Wildman–Crippen MR) is 100 cm³/mol. The Bertz CT molecular complexity index is 807. The number of benzene rings is 1. The van der Waals surface area contributed by atoms with Gasteiger partial charge < -0.3 is 15.7 Å². The molecular formula is C18H17N3O4S. The maximum absolute atomic E-state index is 12.2. The number of nitrogens with zero attached hydrogens (tertiary/aromatic N) is 1. The molecule has 0 fully saturated rings. The van der Waals surface area contributed by atoms with Gasteiger partial charge in [-0.25, -0.2) is 4.79 Å². The third-order valence-corrected chi connectivity index (χ3v) is 4.24. The van der Waals surface area contributed by atoms with E-state index in [0.717, 1.165) is 17.0 Å². The van der Waals surface area contributed by atoms with Crippen molar-refractivity contribution in [3.8, 4) is 0 Å². The van der Waals surface area contributed by atoms with Crippen LogP contribution in [0.2, 0.25) is 0 Å². The minimum absolute atomic E-state index is 0.127. The standard InChI is InChI=1S/C18H17N3O4S/c1-12(18(25)21-14-8-10-19-11-9-14)26-15-4-2-13(3-5-15)20-16(22)6-7-17(23)24/h2-12H,1H3,(H,20,22)(H,23,24)(H,19,21,25)/b7-6+. The molecule has 2 rings (SSSR count). The van der Waals surface area contributed by atoms with E-state index in [1.54, 1.807) is 55.7 Å². The maximum atomic E-state index is 12.2. The number of rotatable bonds is 7. The lowest BCUT2D eigenvalue weighted by Crippen LogP contribution is -2.22. The molecule has 0 saturated heterocycles. The zero-order valence-electron chi connectivity index (χ0n) is 13.9. The first kappa shape index (κ1) is 19.2. The number of carboxylic acid groups (broad SMARTS) is 1. The van der Waals surface area contributed by atoms with E-state index in [1.807, 2.05) is 0 Å². The highest BCUT2D eigenvalue weighted by atomic mass is 32.2. The Morgan fingerprint density at radius 2 is 1.62 bits per heavy atom. The van der Waals surface area contributed by atoms with Crippen LogP contribution in [0.3, 0.4) is 0 Å². The van der Waals surface area contributed by atoms with Crippen LogP contribution in [-0.2, 0) is 14.4 Å². The van der Waals surface area contributed by atoms with Crippen molar-refractivity contribution in [2.24, 2.45) is 0 Å². The highest BCUT2D eigenvalue weighted by Crippen LogP contribution is 2.25. The molecule has 1 aromatic carbocycles. The molecule has 1 heterocycles. The van der Waals surface area contributed by atoms with Crippen LogP contribution in [0.15, 0.2) is 65.8 Å². The highest BCUT2D eigenvalue weighted by Gasteiger charge is 2.14. The molecule has 8 heteroatoms. The fourth-order valence-corrected chi connectivity index (χ4v) is 2.75. The molecule has 0 saturated carbocycles. The van der Waals surface area contributed by atoms with Gasteiger partial charge in [-0.15, -0.1) is 11.8 Å². The molecule has 134 valence electrons. The summed E-state index contributed by atoms with van der Waals surface area (Å²) >= 11 is 1.38. The fourth-order valence-electron chi connectivity index (χ4n) is 1.88. The van der Waals surface area contributed by atoms with Crippen LogP contribution in [0.4, 0.5) is 11.4 Å². The number of carbonyl (C=O) groups is 3. The Labute approximate surface area is 154 Å². The molecule has 0 aliphatic rings. The number of anilines is 2. The summed E-state index contributed by atoms with van der Waals surface area (Å²) in [6, 6.07) is 10.3. The molecule has 0 bridgehead atoms. The predicted octanol–water partition coefficient (Wildman–Crippen LogP) is 2.78.